The Morgan fingerprint density at radius 2 is 0.618 bits per heavy atom. The lowest BCUT2D eigenvalue weighted by Crippen LogP contribution is -2.42. The Morgan fingerprint density at radius 1 is 0.408 bits per heavy atom. The minimum absolute atomic E-state index is 0.206. The molecule has 0 aromatic heterocycles. The molecule has 0 amide bonds. The smallest absolute Gasteiger partial charge is 0.430 e. The largest absolute Gasteiger partial charge is 0.542 e. The molecule has 4 fully saturated rings. The minimum Gasteiger partial charge on any atom is -0.542 e. The fourth-order valence-corrected chi connectivity index (χ4v) is 11.6. The van der Waals surface area contributed by atoms with Crippen LogP contribution in [0.15, 0.2) is 70.5 Å². The van der Waals surface area contributed by atoms with Gasteiger partial charge in [-0.05, 0) is 99.3 Å². The topological polar surface area (TPSA) is 310 Å². The lowest BCUT2D eigenvalue weighted by atomic mass is 9.70. The van der Waals surface area contributed by atoms with E-state index in [0.29, 0.717) is 47.8 Å². The van der Waals surface area contributed by atoms with Gasteiger partial charge in [-0.3, -0.25) is 9.59 Å². The van der Waals surface area contributed by atoms with Gasteiger partial charge in [0.15, 0.2) is 0 Å². The lowest BCUT2D eigenvalue weighted by Gasteiger charge is -2.39. The predicted octanol–water partition coefficient (Wildman–Crippen LogP) is 3.15. The molecule has 2 aliphatic heterocycles. The molecule has 2 saturated heterocycles. The molecular formula is C44H50F12N2O16S2-4. The Labute approximate surface area is 426 Å². The number of hydrogen-bond acceptors (Lipinski definition) is 14. The molecule has 2 saturated carbocycles. The van der Waals surface area contributed by atoms with Crippen LogP contribution in [0.1, 0.15) is 77.0 Å². The molecular weight excluding hydrogens is 1100 g/mol. The second-order valence-electron chi connectivity index (χ2n) is 17.0. The summed E-state index contributed by atoms with van der Waals surface area (Å²) in [5.41, 5.74) is 0. The third-order valence-corrected chi connectivity index (χ3v) is 16.0. The SMILES string of the molecule is O=C(O)[C@@H]1CCCC[C@H]1C1CCN(S(=O)(=O)c2ccccc2)CC1.O=C(O)[C@H]1CCCC[C@@H]1C1CCN(S(=O)(=O)c2ccccc2)CC1.O=C([O-])C(F)(F)F.O=C([O-])C(F)(F)F.O=C([O-])C(F)(F)F.O=C([O-])C(F)(F)F. The number of carboxylic acids is 6. The van der Waals surface area contributed by atoms with Crippen LogP contribution in [0.2, 0.25) is 0 Å². The highest BCUT2D eigenvalue weighted by atomic mass is 32.2. The van der Waals surface area contributed by atoms with Gasteiger partial charge in [-0.15, -0.1) is 0 Å². The van der Waals surface area contributed by atoms with Crippen molar-refractivity contribution in [1.29, 1.82) is 0 Å². The van der Waals surface area contributed by atoms with Crippen molar-refractivity contribution in [2.24, 2.45) is 35.5 Å². The first-order valence-electron chi connectivity index (χ1n) is 22.5. The average molecular weight is 1150 g/mol. The number of halogens is 12. The number of piperidine rings is 2. The van der Waals surface area contributed by atoms with E-state index in [1.807, 2.05) is 0 Å². The number of benzene rings is 2. The van der Waals surface area contributed by atoms with Crippen LogP contribution in [0, 0.1) is 35.5 Å². The highest BCUT2D eigenvalue weighted by Crippen LogP contribution is 2.42. The van der Waals surface area contributed by atoms with E-state index < -0.39 is 80.6 Å². The molecule has 2 heterocycles. The Morgan fingerprint density at radius 3 is 0.816 bits per heavy atom. The van der Waals surface area contributed by atoms with Crippen LogP contribution >= 0.6 is 0 Å². The maximum Gasteiger partial charge on any atom is 0.430 e. The number of carbonyl (C=O) groups excluding carboxylic acids is 4. The normalized spacial score (nSPS) is 21.2. The molecule has 0 bridgehead atoms. The maximum absolute atomic E-state index is 12.7. The Kier molecular flexibility index (Phi) is 26.6. The van der Waals surface area contributed by atoms with Gasteiger partial charge >= 0.3 is 36.6 Å². The first kappa shape index (κ1) is 68.3. The zero-order valence-electron chi connectivity index (χ0n) is 39.4. The van der Waals surface area contributed by atoms with E-state index in [4.69, 9.17) is 39.6 Å². The van der Waals surface area contributed by atoms with Crippen LogP contribution in [0.25, 0.3) is 0 Å². The van der Waals surface area contributed by atoms with Gasteiger partial charge in [-0.2, -0.15) is 61.3 Å². The number of carboxylic acid groups (broad SMARTS) is 6. The molecule has 2 aromatic rings. The third-order valence-electron chi connectivity index (χ3n) is 12.2. The van der Waals surface area contributed by atoms with Crippen molar-refractivity contribution in [2.45, 2.75) is 112 Å². The van der Waals surface area contributed by atoms with E-state index in [0.717, 1.165) is 77.0 Å². The number of alkyl halides is 12. The first-order valence-corrected chi connectivity index (χ1v) is 25.3. The van der Waals surface area contributed by atoms with Gasteiger partial charge in [-0.1, -0.05) is 62.1 Å². The van der Waals surface area contributed by atoms with Gasteiger partial charge in [0.2, 0.25) is 20.0 Å². The van der Waals surface area contributed by atoms with Crippen molar-refractivity contribution in [3.63, 3.8) is 0 Å². The highest BCUT2D eigenvalue weighted by Gasteiger charge is 2.41. The van der Waals surface area contributed by atoms with E-state index in [9.17, 15) is 89.3 Å². The first-order chi connectivity index (χ1) is 34.8. The van der Waals surface area contributed by atoms with Crippen molar-refractivity contribution >= 4 is 55.9 Å². The van der Waals surface area contributed by atoms with Crippen molar-refractivity contribution in [1.82, 2.24) is 8.61 Å². The molecule has 2 aliphatic carbocycles. The van der Waals surface area contributed by atoms with Crippen molar-refractivity contribution in [2.75, 3.05) is 26.2 Å². The van der Waals surface area contributed by atoms with Crippen molar-refractivity contribution in [3.05, 3.63) is 60.7 Å². The van der Waals surface area contributed by atoms with E-state index in [2.05, 4.69) is 0 Å². The molecule has 76 heavy (non-hydrogen) atoms. The molecule has 18 nitrogen and oxygen atoms in total. The van der Waals surface area contributed by atoms with E-state index >= 15 is 0 Å². The van der Waals surface area contributed by atoms with Crippen LogP contribution in [-0.4, -0.2) is 122 Å². The summed E-state index contributed by atoms with van der Waals surface area (Å²) in [4.78, 5) is 58.8. The number of rotatable bonds is 8. The van der Waals surface area contributed by atoms with Crippen LogP contribution < -0.4 is 20.4 Å². The molecule has 4 aliphatic rings. The molecule has 32 heteroatoms. The Balaban J connectivity index is 0.000000512. The standard InChI is InChI=1S/2C18H25NO4S.4C2HF3O2/c2*20-18(21)17-9-5-4-8-16(17)14-10-12-19(13-11-14)24(22,23)15-6-2-1-3-7-15;4*3-2(4,5)1(6)7/h2*1-3,6-7,14,16-17H,4-5,8-13H2,(H,20,21);4*(H,6,7)/p-4/t2*16-,17+;;;;/m10..../s1. The lowest BCUT2D eigenvalue weighted by molar-refractivity contribution is -0.344. The summed E-state index contributed by atoms with van der Waals surface area (Å²) in [5, 5.41) is 54.1. The fraction of sp³-hybridized carbons (Fsp3) is 0.591. The summed E-state index contributed by atoms with van der Waals surface area (Å²) < 4.78 is 180. The molecule has 6 rings (SSSR count). The van der Waals surface area contributed by atoms with E-state index in [1.54, 1.807) is 69.3 Å². The Bertz CT molecular complexity index is 2200. The van der Waals surface area contributed by atoms with Gasteiger partial charge in [0.05, 0.1) is 21.6 Å². The summed E-state index contributed by atoms with van der Waals surface area (Å²) in [7, 11) is -6.86. The number of hydrogen-bond donors (Lipinski definition) is 2. The molecule has 432 valence electrons. The minimum atomic E-state index is -5.19. The fourth-order valence-electron chi connectivity index (χ4n) is 8.63. The molecule has 0 unspecified atom stereocenters. The number of sulfonamides is 2. The van der Waals surface area contributed by atoms with Gasteiger partial charge in [-0.25, -0.2) is 16.8 Å². The summed E-state index contributed by atoms with van der Waals surface area (Å²) in [5.74, 6) is -12.8. The summed E-state index contributed by atoms with van der Waals surface area (Å²) in [6.07, 6.45) is -10.1. The number of nitrogens with zero attached hydrogens (tertiary/aromatic N) is 2. The average Bonchev–Trinajstić information content (AvgIpc) is 3.34. The van der Waals surface area contributed by atoms with Crippen LogP contribution in [0.5, 0.6) is 0 Å². The van der Waals surface area contributed by atoms with Crippen LogP contribution in [0.4, 0.5) is 52.7 Å². The zero-order valence-corrected chi connectivity index (χ0v) is 41.0. The Hall–Kier alpha value is -5.76. The van der Waals surface area contributed by atoms with Gasteiger partial charge in [0.25, 0.3) is 0 Å². The predicted molar refractivity (Wildman–Crippen MR) is 226 cm³/mol. The molecule has 0 radical (unpaired) electrons. The third kappa shape index (κ3) is 22.8. The maximum atomic E-state index is 12.7. The molecule has 0 spiro atoms. The molecule has 2 N–H and O–H groups in total. The van der Waals surface area contributed by atoms with E-state index in [1.165, 1.54) is 0 Å². The highest BCUT2D eigenvalue weighted by molar-refractivity contribution is 7.89. The summed E-state index contributed by atoms with van der Waals surface area (Å²) in [6.45, 7) is 1.96. The summed E-state index contributed by atoms with van der Waals surface area (Å²) in [6, 6.07) is 17.1. The molecule has 2 aromatic carbocycles. The van der Waals surface area contributed by atoms with Crippen LogP contribution in [-0.2, 0) is 48.8 Å². The van der Waals surface area contributed by atoms with Crippen molar-refractivity contribution in [3.8, 4) is 0 Å². The quantitative estimate of drug-likeness (QED) is 0.359. The van der Waals surface area contributed by atoms with Gasteiger partial charge in [0.1, 0.15) is 23.9 Å². The van der Waals surface area contributed by atoms with E-state index in [-0.39, 0.29) is 23.7 Å². The zero-order chi connectivity index (χ0) is 58.6. The van der Waals surface area contributed by atoms with Gasteiger partial charge in [0, 0.05) is 26.2 Å². The second kappa shape index (κ2) is 29.7. The number of aliphatic carboxylic acids is 6. The van der Waals surface area contributed by atoms with Crippen molar-refractivity contribution < 1.29 is 129 Å². The van der Waals surface area contributed by atoms with Gasteiger partial charge < -0.3 is 49.8 Å². The van der Waals surface area contributed by atoms with Crippen LogP contribution in [0.3, 0.4) is 0 Å². The monoisotopic (exact) mass is 1150 g/mol. The second-order valence-corrected chi connectivity index (χ2v) is 20.9. The number of carbonyl (C=O) groups is 6. The summed E-state index contributed by atoms with van der Waals surface area (Å²) >= 11 is 0. The molecule has 4 atom stereocenters.